The van der Waals surface area contributed by atoms with E-state index in [1.54, 1.807) is 6.08 Å². The summed E-state index contributed by atoms with van der Waals surface area (Å²) >= 11 is 5.41. The fourth-order valence-electron chi connectivity index (χ4n) is 1.12. The monoisotopic (exact) mass is 268 g/mol. The molecule has 0 bridgehead atoms. The summed E-state index contributed by atoms with van der Waals surface area (Å²) < 4.78 is 52.7. The second-order valence-corrected chi connectivity index (χ2v) is 3.49. The van der Waals surface area contributed by atoms with Gasteiger partial charge in [0, 0.05) is 11.4 Å². The van der Waals surface area contributed by atoms with Crippen LogP contribution in [-0.2, 0) is 0 Å². The molecule has 0 saturated carbocycles. The minimum Gasteiger partial charge on any atom is -0.406 e. The molecule has 0 saturated heterocycles. The molecule has 0 atom stereocenters. The van der Waals surface area contributed by atoms with Crippen LogP contribution in [0.5, 0.6) is 5.75 Å². The molecule has 0 aromatic heterocycles. The first-order valence-corrected chi connectivity index (χ1v) is 5.23. The third kappa shape index (κ3) is 5.08. The summed E-state index contributed by atoms with van der Waals surface area (Å²) in [5.41, 5.74) is 0.0249. The highest BCUT2D eigenvalue weighted by Gasteiger charge is 2.31. The third-order valence-electron chi connectivity index (χ3n) is 1.77. The van der Waals surface area contributed by atoms with Gasteiger partial charge in [-0.25, -0.2) is 4.39 Å². The normalized spacial score (nSPS) is 12.1. The summed E-state index contributed by atoms with van der Waals surface area (Å²) in [6, 6.07) is 2.82. The Kier molecular flexibility index (Phi) is 4.81. The molecule has 1 aromatic rings. The lowest BCUT2D eigenvalue weighted by Crippen LogP contribution is -2.17. The lowest BCUT2D eigenvalue weighted by molar-refractivity contribution is -0.274. The van der Waals surface area contributed by atoms with Crippen molar-refractivity contribution >= 4 is 17.7 Å². The van der Waals surface area contributed by atoms with Gasteiger partial charge in [0.15, 0.2) is 0 Å². The van der Waals surface area contributed by atoms with Crippen molar-refractivity contribution in [2.75, 3.05) is 5.88 Å². The second kappa shape index (κ2) is 5.91. The van der Waals surface area contributed by atoms with Crippen LogP contribution in [0.25, 0.3) is 6.08 Å². The Hall–Kier alpha value is -1.23. The van der Waals surface area contributed by atoms with Crippen LogP contribution >= 0.6 is 11.6 Å². The van der Waals surface area contributed by atoms with Gasteiger partial charge in [-0.1, -0.05) is 12.2 Å². The molecular formula is C11H9ClF4O. The lowest BCUT2D eigenvalue weighted by Gasteiger charge is -2.09. The van der Waals surface area contributed by atoms with Gasteiger partial charge in [0.1, 0.15) is 11.6 Å². The Labute approximate surface area is 101 Å². The first-order valence-electron chi connectivity index (χ1n) is 4.70. The zero-order valence-electron chi connectivity index (χ0n) is 8.60. The summed E-state index contributed by atoms with van der Waals surface area (Å²) in [7, 11) is 0. The Morgan fingerprint density at radius 3 is 2.59 bits per heavy atom. The molecule has 0 radical (unpaired) electrons. The van der Waals surface area contributed by atoms with E-state index in [2.05, 4.69) is 4.74 Å². The molecule has 0 fully saturated rings. The van der Waals surface area contributed by atoms with Crippen LogP contribution < -0.4 is 4.74 Å². The Bertz CT molecular complexity index is 401. The zero-order valence-corrected chi connectivity index (χ0v) is 9.35. The predicted molar refractivity (Wildman–Crippen MR) is 57.5 cm³/mol. The molecule has 1 nitrogen and oxygen atoms in total. The maximum Gasteiger partial charge on any atom is 0.573 e. The molecule has 6 heteroatoms. The molecular weight excluding hydrogens is 260 g/mol. The zero-order chi connectivity index (χ0) is 12.9. The van der Waals surface area contributed by atoms with E-state index in [0.717, 1.165) is 18.2 Å². The first kappa shape index (κ1) is 13.8. The first-order chi connectivity index (χ1) is 7.92. The van der Waals surface area contributed by atoms with Gasteiger partial charge in [-0.05, 0) is 24.6 Å². The van der Waals surface area contributed by atoms with Crippen LogP contribution in [-0.4, -0.2) is 12.2 Å². The lowest BCUT2D eigenvalue weighted by atomic mass is 10.2. The van der Waals surface area contributed by atoms with Gasteiger partial charge < -0.3 is 4.74 Å². The fraction of sp³-hybridized carbons (Fsp3) is 0.273. The number of halogens is 5. The van der Waals surface area contributed by atoms with E-state index in [1.807, 2.05) is 0 Å². The summed E-state index contributed by atoms with van der Waals surface area (Å²) in [6.07, 6.45) is -1.34. The average Bonchev–Trinajstić information content (AvgIpc) is 2.21. The molecule has 0 spiro atoms. The number of alkyl halides is 4. The van der Waals surface area contributed by atoms with Crippen molar-refractivity contribution in [3.05, 3.63) is 35.7 Å². The van der Waals surface area contributed by atoms with Crippen molar-refractivity contribution in [1.29, 1.82) is 0 Å². The van der Waals surface area contributed by atoms with Crippen LogP contribution in [0.1, 0.15) is 12.0 Å². The molecule has 0 aliphatic heterocycles. The second-order valence-electron chi connectivity index (χ2n) is 3.11. The molecule has 0 heterocycles. The van der Waals surface area contributed by atoms with E-state index in [-0.39, 0.29) is 5.56 Å². The van der Waals surface area contributed by atoms with E-state index in [0.29, 0.717) is 12.3 Å². The quantitative estimate of drug-likeness (QED) is 0.582. The van der Waals surface area contributed by atoms with E-state index in [1.165, 1.54) is 6.08 Å². The van der Waals surface area contributed by atoms with Gasteiger partial charge in [0.05, 0.1) is 0 Å². The third-order valence-corrected chi connectivity index (χ3v) is 1.99. The standard InChI is InChI=1S/C11H9ClF4O/c12-6-2-1-3-8-7-9(4-5-10(8)13)17-11(14,15)16/h1,3-5,7H,2,6H2. The smallest absolute Gasteiger partial charge is 0.406 e. The van der Waals surface area contributed by atoms with Crippen LogP contribution in [0.3, 0.4) is 0 Å². The van der Waals surface area contributed by atoms with E-state index in [9.17, 15) is 17.6 Å². The molecule has 0 aliphatic carbocycles. The van der Waals surface area contributed by atoms with Crippen molar-refractivity contribution in [3.8, 4) is 5.75 Å². The minimum absolute atomic E-state index is 0.0249. The molecule has 17 heavy (non-hydrogen) atoms. The van der Waals surface area contributed by atoms with Gasteiger partial charge in [0.25, 0.3) is 0 Å². The maximum absolute atomic E-state index is 13.2. The number of ether oxygens (including phenoxy) is 1. The van der Waals surface area contributed by atoms with Crippen molar-refractivity contribution < 1.29 is 22.3 Å². The number of benzene rings is 1. The van der Waals surface area contributed by atoms with Crippen molar-refractivity contribution in [3.63, 3.8) is 0 Å². The number of allylic oxidation sites excluding steroid dienone is 1. The summed E-state index contributed by atoms with van der Waals surface area (Å²) in [4.78, 5) is 0. The molecule has 1 aromatic carbocycles. The van der Waals surface area contributed by atoms with Gasteiger partial charge in [-0.2, -0.15) is 0 Å². The molecule has 0 amide bonds. The molecule has 0 N–H and O–H groups in total. The number of rotatable bonds is 4. The minimum atomic E-state index is -4.78. The number of hydrogen-bond donors (Lipinski definition) is 0. The summed E-state index contributed by atoms with van der Waals surface area (Å²) in [5, 5.41) is 0. The largest absolute Gasteiger partial charge is 0.573 e. The maximum atomic E-state index is 13.2. The van der Waals surface area contributed by atoms with Gasteiger partial charge in [-0.3, -0.25) is 0 Å². The van der Waals surface area contributed by atoms with E-state index >= 15 is 0 Å². The van der Waals surface area contributed by atoms with Crippen molar-refractivity contribution in [1.82, 2.24) is 0 Å². The van der Waals surface area contributed by atoms with Gasteiger partial charge in [-0.15, -0.1) is 24.8 Å². The molecule has 1 rings (SSSR count). The van der Waals surface area contributed by atoms with Gasteiger partial charge in [0.2, 0.25) is 0 Å². The molecule has 0 aliphatic rings. The summed E-state index contributed by atoms with van der Waals surface area (Å²) in [6.45, 7) is 0. The van der Waals surface area contributed by atoms with Crippen molar-refractivity contribution in [2.45, 2.75) is 12.8 Å². The Morgan fingerprint density at radius 1 is 1.29 bits per heavy atom. The van der Waals surface area contributed by atoms with Crippen LogP contribution in [0.15, 0.2) is 24.3 Å². The van der Waals surface area contributed by atoms with Crippen LogP contribution in [0, 0.1) is 5.82 Å². The van der Waals surface area contributed by atoms with Crippen molar-refractivity contribution in [2.24, 2.45) is 0 Å². The number of hydrogen-bond acceptors (Lipinski definition) is 1. The van der Waals surface area contributed by atoms with Gasteiger partial charge >= 0.3 is 6.36 Å². The van der Waals surface area contributed by atoms with Crippen LogP contribution in [0.2, 0.25) is 0 Å². The SMILES string of the molecule is Fc1ccc(OC(F)(F)F)cc1C=CCCCl. The fourth-order valence-corrected chi connectivity index (χ4v) is 1.25. The molecule has 94 valence electrons. The topological polar surface area (TPSA) is 9.23 Å². The summed E-state index contributed by atoms with van der Waals surface area (Å²) in [5.74, 6) is -0.716. The highest BCUT2D eigenvalue weighted by atomic mass is 35.5. The Morgan fingerprint density at radius 2 is 2.00 bits per heavy atom. The average molecular weight is 269 g/mol. The highest BCUT2D eigenvalue weighted by molar-refractivity contribution is 6.17. The van der Waals surface area contributed by atoms with E-state index < -0.39 is 17.9 Å². The Balaban J connectivity index is 2.86. The highest BCUT2D eigenvalue weighted by Crippen LogP contribution is 2.25. The molecule has 0 unspecified atom stereocenters. The predicted octanol–water partition coefficient (Wildman–Crippen LogP) is 4.37. The van der Waals surface area contributed by atoms with Crippen LogP contribution in [0.4, 0.5) is 17.6 Å². The van der Waals surface area contributed by atoms with E-state index in [4.69, 9.17) is 11.6 Å².